The molecule has 0 spiro atoms. The van der Waals surface area contributed by atoms with Crippen LogP contribution in [0.5, 0.6) is 0 Å². The van der Waals surface area contributed by atoms with E-state index in [2.05, 4.69) is 6.92 Å². The molecule has 0 aliphatic heterocycles. The summed E-state index contributed by atoms with van der Waals surface area (Å²) >= 11 is 0. The third kappa shape index (κ3) is 3.93. The van der Waals surface area contributed by atoms with Gasteiger partial charge in [-0.2, -0.15) is 8.42 Å². The lowest BCUT2D eigenvalue weighted by Crippen LogP contribution is -2.60. The van der Waals surface area contributed by atoms with Crippen LogP contribution in [0.25, 0.3) is 0 Å². The van der Waals surface area contributed by atoms with Crippen LogP contribution in [0.2, 0.25) is 0 Å². The maximum atomic E-state index is 13.3. The first-order chi connectivity index (χ1) is 14.2. The number of hydrogen-bond donors (Lipinski definition) is 4. The first kappa shape index (κ1) is 24.2. The minimum Gasteiger partial charge on any atom is -0.388 e. The second-order valence-corrected chi connectivity index (χ2v) is 10.7. The normalized spacial score (nSPS) is 41.9. The Morgan fingerprint density at radius 2 is 1.74 bits per heavy atom. The van der Waals surface area contributed by atoms with Crippen molar-refractivity contribution in [3.8, 4) is 0 Å². The predicted octanol–water partition coefficient (Wildman–Crippen LogP) is 1.34. The number of aliphatic hydroxyl groups is 2. The van der Waals surface area contributed by atoms with Gasteiger partial charge >= 0.3 is 10.4 Å². The number of carbonyl (C=O) groups excluding carboxylic acids is 3. The zero-order valence-corrected chi connectivity index (χ0v) is 18.5. The Labute approximate surface area is 181 Å². The monoisotopic (exact) mass is 458 g/mol. The average Bonchev–Trinajstić information content (AvgIpc) is 2.91. The summed E-state index contributed by atoms with van der Waals surface area (Å²) in [6, 6.07) is 0. The van der Waals surface area contributed by atoms with Crippen LogP contribution in [0, 0.1) is 28.6 Å². The lowest BCUT2D eigenvalue weighted by molar-refractivity contribution is -0.170. The fourth-order valence-electron chi connectivity index (χ4n) is 6.98. The fourth-order valence-corrected chi connectivity index (χ4v) is 6.98. The lowest BCUT2D eigenvalue weighted by Gasteiger charge is -2.57. The van der Waals surface area contributed by atoms with Crippen molar-refractivity contribution in [2.75, 3.05) is 6.61 Å². The zero-order valence-electron chi connectivity index (χ0n) is 17.7. The first-order valence-electron chi connectivity index (χ1n) is 10.5. The minimum atomic E-state index is -4.67. The van der Waals surface area contributed by atoms with Crippen molar-refractivity contribution in [2.45, 2.75) is 64.4 Å². The molecule has 0 aromatic heterocycles. The van der Waals surface area contributed by atoms with Crippen LogP contribution in [-0.2, 0) is 24.8 Å². The van der Waals surface area contributed by atoms with E-state index >= 15 is 0 Å². The van der Waals surface area contributed by atoms with Gasteiger partial charge in [-0.25, -0.2) is 0 Å². The van der Waals surface area contributed by atoms with Gasteiger partial charge in [0.2, 0.25) is 0 Å². The van der Waals surface area contributed by atoms with Gasteiger partial charge in [-0.15, -0.1) is 0 Å². The van der Waals surface area contributed by atoms with Crippen LogP contribution in [0.3, 0.4) is 0 Å². The summed E-state index contributed by atoms with van der Waals surface area (Å²) in [5.74, 6) is -0.172. The third-order valence-corrected chi connectivity index (χ3v) is 8.41. The molecule has 4 N–H and O–H groups in total. The van der Waals surface area contributed by atoms with Gasteiger partial charge in [-0.3, -0.25) is 23.5 Å². The molecule has 0 bridgehead atoms. The van der Waals surface area contributed by atoms with Crippen molar-refractivity contribution < 1.29 is 42.1 Å². The van der Waals surface area contributed by atoms with E-state index in [1.807, 2.05) is 6.92 Å². The SMILES string of the molecule is C[C@]12CCC(=O)C=C1CC[C@@H]1[C@@H]2C(=O)C[C@@]2(C)[C@H]1CC[C@]2(O)C(=O)CO.O=S(=O)(O)O. The van der Waals surface area contributed by atoms with Gasteiger partial charge in [0.1, 0.15) is 18.0 Å². The van der Waals surface area contributed by atoms with Gasteiger partial charge in [0.05, 0.1) is 0 Å². The minimum absolute atomic E-state index is 0.0988. The molecular weight excluding hydrogens is 428 g/mol. The van der Waals surface area contributed by atoms with Crippen LogP contribution < -0.4 is 0 Å². The molecule has 4 aliphatic rings. The van der Waals surface area contributed by atoms with E-state index in [1.54, 1.807) is 6.08 Å². The summed E-state index contributed by atoms with van der Waals surface area (Å²) in [5.41, 5.74) is -1.55. The fraction of sp³-hybridized carbons (Fsp3) is 0.762. The molecule has 3 fully saturated rings. The average molecular weight is 459 g/mol. The number of ketones is 3. The Kier molecular flexibility index (Phi) is 6.12. The van der Waals surface area contributed by atoms with Gasteiger partial charge < -0.3 is 10.2 Å². The maximum Gasteiger partial charge on any atom is 0.394 e. The van der Waals surface area contributed by atoms with Gasteiger partial charge in [0, 0.05) is 24.2 Å². The molecule has 4 rings (SSSR count). The summed E-state index contributed by atoms with van der Waals surface area (Å²) in [4.78, 5) is 37.5. The van der Waals surface area contributed by atoms with Crippen molar-refractivity contribution in [3.05, 3.63) is 11.6 Å². The number of fused-ring (bicyclic) bond motifs is 5. The number of rotatable bonds is 2. The molecular formula is C21H30O9S. The van der Waals surface area contributed by atoms with E-state index in [1.165, 1.54) is 0 Å². The molecule has 0 aromatic carbocycles. The van der Waals surface area contributed by atoms with Gasteiger partial charge in [-0.1, -0.05) is 19.4 Å². The second-order valence-electron chi connectivity index (χ2n) is 9.83. The number of carbonyl (C=O) groups is 3. The Hall–Kier alpha value is -1.46. The van der Waals surface area contributed by atoms with Crippen molar-refractivity contribution in [3.63, 3.8) is 0 Å². The van der Waals surface area contributed by atoms with E-state index in [9.17, 15) is 24.6 Å². The van der Waals surface area contributed by atoms with Gasteiger partial charge in [-0.05, 0) is 55.4 Å². The molecule has 9 nitrogen and oxygen atoms in total. The first-order valence-corrected chi connectivity index (χ1v) is 11.9. The topological polar surface area (TPSA) is 166 Å². The molecule has 0 heterocycles. The Morgan fingerprint density at radius 1 is 1.13 bits per heavy atom. The summed E-state index contributed by atoms with van der Waals surface area (Å²) in [6.45, 7) is 3.31. The van der Waals surface area contributed by atoms with Crippen molar-refractivity contribution in [1.82, 2.24) is 0 Å². The number of hydrogen-bond acceptors (Lipinski definition) is 7. The predicted molar refractivity (Wildman–Crippen MR) is 108 cm³/mol. The largest absolute Gasteiger partial charge is 0.394 e. The summed E-state index contributed by atoms with van der Waals surface area (Å²) < 4.78 is 31.6. The van der Waals surface area contributed by atoms with E-state index in [4.69, 9.17) is 17.5 Å². The van der Waals surface area contributed by atoms with Crippen LogP contribution in [0.15, 0.2) is 11.6 Å². The van der Waals surface area contributed by atoms with Gasteiger partial charge in [0.15, 0.2) is 11.6 Å². The molecule has 10 heteroatoms. The van der Waals surface area contributed by atoms with E-state index < -0.39 is 33.8 Å². The van der Waals surface area contributed by atoms with Crippen LogP contribution >= 0.6 is 0 Å². The zero-order chi connectivity index (χ0) is 23.4. The summed E-state index contributed by atoms with van der Waals surface area (Å²) in [7, 11) is -4.67. The van der Waals surface area contributed by atoms with Crippen LogP contribution in [-0.4, -0.2) is 57.3 Å². The number of allylic oxidation sites excluding steroid dienone is 1. The lowest BCUT2D eigenvalue weighted by atomic mass is 9.46. The molecule has 31 heavy (non-hydrogen) atoms. The molecule has 0 saturated heterocycles. The van der Waals surface area contributed by atoms with Crippen LogP contribution in [0.4, 0.5) is 0 Å². The molecule has 174 valence electrons. The Balaban J connectivity index is 0.000000491. The molecule has 4 aliphatic carbocycles. The quantitative estimate of drug-likeness (QED) is 0.446. The van der Waals surface area contributed by atoms with Crippen molar-refractivity contribution in [1.29, 1.82) is 0 Å². The second kappa shape index (κ2) is 7.84. The highest BCUT2D eigenvalue weighted by Gasteiger charge is 2.68. The highest BCUT2D eigenvalue weighted by Crippen LogP contribution is 2.66. The molecule has 0 radical (unpaired) electrons. The van der Waals surface area contributed by atoms with Gasteiger partial charge in [0.25, 0.3) is 0 Å². The summed E-state index contributed by atoms with van der Waals surface area (Å²) in [5, 5.41) is 20.5. The van der Waals surface area contributed by atoms with Crippen molar-refractivity contribution in [2.24, 2.45) is 28.6 Å². The van der Waals surface area contributed by atoms with Crippen molar-refractivity contribution >= 4 is 27.7 Å². The Bertz CT molecular complexity index is 930. The molecule has 3 saturated carbocycles. The van der Waals surface area contributed by atoms with E-state index in [0.29, 0.717) is 25.7 Å². The summed E-state index contributed by atoms with van der Waals surface area (Å²) in [6.07, 6.45) is 5.83. The molecule has 0 unspecified atom stereocenters. The highest BCUT2D eigenvalue weighted by molar-refractivity contribution is 7.79. The molecule has 0 amide bonds. The smallest absolute Gasteiger partial charge is 0.388 e. The van der Waals surface area contributed by atoms with E-state index in [0.717, 1.165) is 18.4 Å². The Morgan fingerprint density at radius 3 is 2.32 bits per heavy atom. The highest BCUT2D eigenvalue weighted by atomic mass is 32.3. The standard InChI is InChI=1S/C21H28O5.H2O4S/c1-19-7-5-13(23)9-12(19)3-4-14-15-6-8-21(26,17(25)11-22)20(15,2)10-16(24)18(14)19;1-5(2,3)4/h9,14-15,18,22,26H,3-8,10-11H2,1-2H3;(H2,1,2,3,4)/t14-,15-,18+,19-,20-,21-;/m0./s1. The maximum absolute atomic E-state index is 13.3. The molecule has 6 atom stereocenters. The van der Waals surface area contributed by atoms with Crippen LogP contribution in [0.1, 0.15) is 58.8 Å². The number of aliphatic hydroxyl groups excluding tert-OH is 1. The molecule has 0 aromatic rings. The third-order valence-electron chi connectivity index (χ3n) is 8.41. The van der Waals surface area contributed by atoms with E-state index in [-0.39, 0.29) is 41.2 Å². The number of Topliss-reactive ketones (excluding diaryl/α,β-unsaturated/α-hetero) is 2.